The summed E-state index contributed by atoms with van der Waals surface area (Å²) in [5, 5.41) is 0. The maximum atomic E-state index is 10.4. The van der Waals surface area contributed by atoms with Crippen molar-refractivity contribution in [3.05, 3.63) is 0 Å². The van der Waals surface area contributed by atoms with E-state index in [1.807, 2.05) is 14.1 Å². The SMILES string of the molecule is C#CC[N+](C)(C)CC(N)=O. The Bertz CT molecular complexity index is 167. The van der Waals surface area contributed by atoms with Crippen molar-refractivity contribution in [3.63, 3.8) is 0 Å². The second-order valence-electron chi connectivity index (χ2n) is 2.92. The fourth-order valence-electron chi connectivity index (χ4n) is 0.725. The average molecular weight is 141 g/mol. The van der Waals surface area contributed by atoms with Crippen LogP contribution in [0.4, 0.5) is 0 Å². The molecule has 0 aliphatic carbocycles. The summed E-state index contributed by atoms with van der Waals surface area (Å²) in [5.41, 5.74) is 4.99. The Kier molecular flexibility index (Phi) is 2.91. The Labute approximate surface area is 61.4 Å². The van der Waals surface area contributed by atoms with Gasteiger partial charge in [-0.25, -0.2) is 0 Å². The molecule has 2 N–H and O–H groups in total. The molecule has 0 saturated heterocycles. The van der Waals surface area contributed by atoms with Gasteiger partial charge >= 0.3 is 0 Å². The van der Waals surface area contributed by atoms with E-state index in [4.69, 9.17) is 12.2 Å². The molecular weight excluding hydrogens is 128 g/mol. The van der Waals surface area contributed by atoms with Crippen LogP contribution in [0.25, 0.3) is 0 Å². The fraction of sp³-hybridized carbons (Fsp3) is 0.571. The molecule has 0 atom stereocenters. The first-order valence-electron chi connectivity index (χ1n) is 3.02. The van der Waals surface area contributed by atoms with Crippen molar-refractivity contribution in [2.45, 2.75) is 0 Å². The molecule has 3 heteroatoms. The monoisotopic (exact) mass is 141 g/mol. The number of amides is 1. The minimum atomic E-state index is -0.319. The number of nitrogens with two attached hydrogens (primary N) is 1. The molecular formula is C7H13N2O+. The average Bonchev–Trinajstić information content (AvgIpc) is 1.59. The van der Waals surface area contributed by atoms with Crippen molar-refractivity contribution in [2.24, 2.45) is 5.73 Å². The number of terminal acetylenes is 1. The van der Waals surface area contributed by atoms with Crippen molar-refractivity contribution in [3.8, 4) is 12.3 Å². The highest BCUT2D eigenvalue weighted by molar-refractivity contribution is 5.74. The first kappa shape index (κ1) is 8.99. The van der Waals surface area contributed by atoms with E-state index in [0.29, 0.717) is 17.6 Å². The Morgan fingerprint density at radius 1 is 1.70 bits per heavy atom. The van der Waals surface area contributed by atoms with E-state index >= 15 is 0 Å². The Morgan fingerprint density at radius 2 is 2.20 bits per heavy atom. The van der Waals surface area contributed by atoms with Gasteiger partial charge in [-0.1, -0.05) is 0 Å². The van der Waals surface area contributed by atoms with E-state index in [1.54, 1.807) is 0 Å². The highest BCUT2D eigenvalue weighted by Crippen LogP contribution is 1.92. The zero-order valence-electron chi connectivity index (χ0n) is 6.42. The number of carbonyl (C=O) groups excluding carboxylic acids is 1. The third-order valence-corrected chi connectivity index (χ3v) is 1.10. The lowest BCUT2D eigenvalue weighted by atomic mass is 10.4. The number of hydrogen-bond donors (Lipinski definition) is 1. The van der Waals surface area contributed by atoms with Gasteiger partial charge in [0.05, 0.1) is 14.1 Å². The maximum absolute atomic E-state index is 10.4. The summed E-state index contributed by atoms with van der Waals surface area (Å²) in [6, 6.07) is 0. The zero-order valence-corrected chi connectivity index (χ0v) is 6.42. The first-order valence-corrected chi connectivity index (χ1v) is 3.02. The highest BCUT2D eigenvalue weighted by Gasteiger charge is 2.15. The Hall–Kier alpha value is -1.01. The van der Waals surface area contributed by atoms with Gasteiger partial charge in [-0.3, -0.25) is 4.79 Å². The van der Waals surface area contributed by atoms with Crippen LogP contribution in [0.2, 0.25) is 0 Å². The zero-order chi connectivity index (χ0) is 8.20. The maximum Gasteiger partial charge on any atom is 0.272 e. The van der Waals surface area contributed by atoms with E-state index in [1.165, 1.54) is 0 Å². The Morgan fingerprint density at radius 3 is 2.50 bits per heavy atom. The molecule has 3 nitrogen and oxygen atoms in total. The number of rotatable bonds is 3. The van der Waals surface area contributed by atoms with Crippen LogP contribution in [-0.4, -0.2) is 37.6 Å². The van der Waals surface area contributed by atoms with Crippen LogP contribution in [0.1, 0.15) is 0 Å². The quantitative estimate of drug-likeness (QED) is 0.405. The van der Waals surface area contributed by atoms with Crippen molar-refractivity contribution < 1.29 is 9.28 Å². The summed E-state index contributed by atoms with van der Waals surface area (Å²) < 4.78 is 0.464. The lowest BCUT2D eigenvalue weighted by Gasteiger charge is -2.25. The van der Waals surface area contributed by atoms with E-state index in [-0.39, 0.29) is 5.91 Å². The summed E-state index contributed by atoms with van der Waals surface area (Å²) in [7, 11) is 3.73. The fourth-order valence-corrected chi connectivity index (χ4v) is 0.725. The summed E-state index contributed by atoms with van der Waals surface area (Å²) >= 11 is 0. The number of primary amides is 1. The molecule has 0 radical (unpaired) electrons. The third-order valence-electron chi connectivity index (χ3n) is 1.10. The second kappa shape index (κ2) is 3.23. The van der Waals surface area contributed by atoms with Gasteiger partial charge in [0, 0.05) is 0 Å². The van der Waals surface area contributed by atoms with E-state index < -0.39 is 0 Å². The van der Waals surface area contributed by atoms with Crippen LogP contribution >= 0.6 is 0 Å². The topological polar surface area (TPSA) is 43.1 Å². The van der Waals surface area contributed by atoms with Crippen molar-refractivity contribution in [1.82, 2.24) is 0 Å². The minimum Gasteiger partial charge on any atom is -0.365 e. The van der Waals surface area contributed by atoms with Crippen LogP contribution in [0, 0.1) is 12.3 Å². The smallest absolute Gasteiger partial charge is 0.272 e. The number of carbonyl (C=O) groups is 1. The van der Waals surface area contributed by atoms with Crippen molar-refractivity contribution >= 4 is 5.91 Å². The summed E-state index contributed by atoms with van der Waals surface area (Å²) in [4.78, 5) is 10.4. The predicted octanol–water partition coefficient (Wildman–Crippen LogP) is -0.819. The molecule has 0 spiro atoms. The van der Waals surface area contributed by atoms with E-state index in [0.717, 1.165) is 0 Å². The number of nitrogens with zero attached hydrogens (tertiary/aromatic N) is 1. The highest BCUT2D eigenvalue weighted by atomic mass is 16.1. The normalized spacial score (nSPS) is 10.5. The lowest BCUT2D eigenvalue weighted by Crippen LogP contribution is -2.46. The molecule has 1 amide bonds. The molecule has 0 heterocycles. The molecule has 0 unspecified atom stereocenters. The molecule has 0 aromatic carbocycles. The number of quaternary nitrogens is 1. The van der Waals surface area contributed by atoms with Gasteiger partial charge in [-0.15, -0.1) is 6.42 Å². The predicted molar refractivity (Wildman–Crippen MR) is 39.9 cm³/mol. The molecule has 10 heavy (non-hydrogen) atoms. The molecule has 0 bridgehead atoms. The van der Waals surface area contributed by atoms with Gasteiger partial charge < -0.3 is 10.2 Å². The minimum absolute atomic E-state index is 0.296. The largest absolute Gasteiger partial charge is 0.365 e. The first-order chi connectivity index (χ1) is 4.48. The third kappa shape index (κ3) is 3.93. The summed E-state index contributed by atoms with van der Waals surface area (Å²) in [6.07, 6.45) is 5.07. The standard InChI is InChI=1S/C7H12N2O/c1-4-5-9(2,3)6-7(8)10/h1H,5-6H2,2-3H3,(H-,8,10)/p+1. The van der Waals surface area contributed by atoms with E-state index in [9.17, 15) is 4.79 Å². The number of hydrogen-bond acceptors (Lipinski definition) is 1. The van der Waals surface area contributed by atoms with Crippen LogP contribution < -0.4 is 5.73 Å². The number of likely N-dealkylation sites (N-methyl/N-ethyl adjacent to an activating group) is 1. The van der Waals surface area contributed by atoms with Crippen LogP contribution in [0.3, 0.4) is 0 Å². The van der Waals surface area contributed by atoms with Gasteiger partial charge in [0.2, 0.25) is 0 Å². The van der Waals surface area contributed by atoms with Gasteiger partial charge in [-0.2, -0.15) is 0 Å². The molecule has 0 saturated carbocycles. The van der Waals surface area contributed by atoms with Gasteiger partial charge in [0.25, 0.3) is 5.91 Å². The van der Waals surface area contributed by atoms with Crippen LogP contribution in [0.15, 0.2) is 0 Å². The molecule has 0 rings (SSSR count). The molecule has 56 valence electrons. The van der Waals surface area contributed by atoms with E-state index in [2.05, 4.69) is 5.92 Å². The molecule has 0 aliphatic heterocycles. The molecule has 0 fully saturated rings. The van der Waals surface area contributed by atoms with Gasteiger partial charge in [-0.05, 0) is 5.92 Å². The summed E-state index contributed by atoms with van der Waals surface area (Å²) in [6.45, 7) is 0.827. The lowest BCUT2D eigenvalue weighted by molar-refractivity contribution is -0.875. The van der Waals surface area contributed by atoms with Gasteiger partial charge in [0.15, 0.2) is 6.54 Å². The van der Waals surface area contributed by atoms with Crippen LogP contribution in [-0.2, 0) is 4.79 Å². The second-order valence-corrected chi connectivity index (χ2v) is 2.92. The summed E-state index contributed by atoms with van der Waals surface area (Å²) in [5.74, 6) is 2.16. The van der Waals surface area contributed by atoms with Gasteiger partial charge in [0.1, 0.15) is 6.54 Å². The molecule has 0 aromatic rings. The molecule has 0 aliphatic rings. The molecule has 0 aromatic heterocycles. The van der Waals surface area contributed by atoms with Crippen molar-refractivity contribution in [2.75, 3.05) is 27.2 Å². The Balaban J connectivity index is 3.89. The van der Waals surface area contributed by atoms with Crippen LogP contribution in [0.5, 0.6) is 0 Å². The van der Waals surface area contributed by atoms with Crippen molar-refractivity contribution in [1.29, 1.82) is 0 Å².